The minimum absolute atomic E-state index is 0.565. The number of aromatic nitrogens is 4. The van der Waals surface area contributed by atoms with Gasteiger partial charge in [0.2, 0.25) is 5.89 Å². The second-order valence-electron chi connectivity index (χ2n) is 11.5. The molecule has 9 rings (SSSR count). The van der Waals surface area contributed by atoms with E-state index in [-0.39, 0.29) is 0 Å². The first-order valence-corrected chi connectivity index (χ1v) is 15.6. The molecule has 0 aliphatic heterocycles. The molecule has 0 aliphatic rings. The van der Waals surface area contributed by atoms with Crippen molar-refractivity contribution in [3.63, 3.8) is 0 Å². The molecule has 2 aromatic heterocycles. The zero-order valence-corrected chi connectivity index (χ0v) is 25.2. The van der Waals surface area contributed by atoms with E-state index in [4.69, 9.17) is 24.4 Å². The Kier molecular flexibility index (Phi) is 6.39. The van der Waals surface area contributed by atoms with Gasteiger partial charge in [-0.25, -0.2) is 19.9 Å². The zero-order valence-electron chi connectivity index (χ0n) is 25.2. The van der Waals surface area contributed by atoms with Crippen molar-refractivity contribution in [1.82, 2.24) is 19.9 Å². The van der Waals surface area contributed by atoms with Crippen molar-refractivity contribution in [1.29, 1.82) is 0 Å². The SMILES string of the molecule is c1ccc(-c2nc(-c3ccccc3)nc(-c3ccc4oc(-c5cccc(-c6cc7ccccc7c7ccccc67)c5)nc4c3)n2)cc1. The summed E-state index contributed by atoms with van der Waals surface area (Å²) in [7, 11) is 0. The molecule has 0 N–H and O–H groups in total. The molecule has 0 radical (unpaired) electrons. The quantitative estimate of drug-likeness (QED) is 0.183. The number of oxazole rings is 1. The number of benzene rings is 7. The van der Waals surface area contributed by atoms with E-state index in [2.05, 4.69) is 72.8 Å². The maximum Gasteiger partial charge on any atom is 0.227 e. The maximum absolute atomic E-state index is 6.32. The molecule has 2 heterocycles. The van der Waals surface area contributed by atoms with Crippen LogP contribution in [-0.4, -0.2) is 19.9 Å². The smallest absolute Gasteiger partial charge is 0.227 e. The van der Waals surface area contributed by atoms with Crippen LogP contribution in [0.2, 0.25) is 0 Å². The van der Waals surface area contributed by atoms with Gasteiger partial charge in [-0.3, -0.25) is 0 Å². The van der Waals surface area contributed by atoms with Crippen LogP contribution in [0.5, 0.6) is 0 Å². The molecule has 0 aliphatic carbocycles. The molecule has 0 fully saturated rings. The summed E-state index contributed by atoms with van der Waals surface area (Å²) in [5.41, 5.74) is 7.33. The molecular weight excluding hydrogens is 576 g/mol. The van der Waals surface area contributed by atoms with Gasteiger partial charge in [-0.2, -0.15) is 0 Å². The first-order chi connectivity index (χ1) is 23.3. The highest BCUT2D eigenvalue weighted by Crippen LogP contribution is 2.37. The molecule has 0 atom stereocenters. The Bertz CT molecular complexity index is 2520. The van der Waals surface area contributed by atoms with Crippen molar-refractivity contribution in [2.24, 2.45) is 0 Å². The second kappa shape index (κ2) is 11.2. The Morgan fingerprint density at radius 1 is 0.362 bits per heavy atom. The van der Waals surface area contributed by atoms with Gasteiger partial charge in [0.25, 0.3) is 0 Å². The lowest BCUT2D eigenvalue weighted by molar-refractivity contribution is 0.620. The van der Waals surface area contributed by atoms with Gasteiger partial charge in [0, 0.05) is 22.3 Å². The molecule has 0 bridgehead atoms. The van der Waals surface area contributed by atoms with Crippen molar-refractivity contribution < 1.29 is 4.42 Å². The standard InChI is InChI=1S/C42H26N4O/c1-3-12-27(13-4-1)39-44-40(28-14-5-2-6-15-28)46-41(45-39)31-22-23-38-37(26-31)43-42(47-38)32-18-11-17-29(24-32)36-25-30-16-7-8-19-33(30)34-20-9-10-21-35(34)36/h1-26H. The fraction of sp³-hybridized carbons (Fsp3) is 0. The summed E-state index contributed by atoms with van der Waals surface area (Å²) < 4.78 is 6.32. The van der Waals surface area contributed by atoms with E-state index in [1.807, 2.05) is 84.9 Å². The van der Waals surface area contributed by atoms with Gasteiger partial charge in [-0.15, -0.1) is 0 Å². The van der Waals surface area contributed by atoms with Gasteiger partial charge >= 0.3 is 0 Å². The van der Waals surface area contributed by atoms with Crippen LogP contribution < -0.4 is 0 Å². The van der Waals surface area contributed by atoms with Crippen molar-refractivity contribution >= 4 is 32.6 Å². The largest absolute Gasteiger partial charge is 0.436 e. The minimum Gasteiger partial charge on any atom is -0.436 e. The van der Waals surface area contributed by atoms with Gasteiger partial charge in [-0.05, 0) is 69.1 Å². The fourth-order valence-corrected chi connectivity index (χ4v) is 6.24. The highest BCUT2D eigenvalue weighted by molar-refractivity contribution is 6.13. The highest BCUT2D eigenvalue weighted by atomic mass is 16.3. The van der Waals surface area contributed by atoms with Gasteiger partial charge in [0.05, 0.1) is 0 Å². The van der Waals surface area contributed by atoms with E-state index in [1.165, 1.54) is 27.1 Å². The lowest BCUT2D eigenvalue weighted by Gasteiger charge is -2.11. The van der Waals surface area contributed by atoms with Crippen LogP contribution >= 0.6 is 0 Å². The lowest BCUT2D eigenvalue weighted by atomic mass is 9.92. The highest BCUT2D eigenvalue weighted by Gasteiger charge is 2.16. The number of nitrogens with zero attached hydrogens (tertiary/aromatic N) is 4. The van der Waals surface area contributed by atoms with Crippen LogP contribution in [0.1, 0.15) is 0 Å². The van der Waals surface area contributed by atoms with E-state index in [1.54, 1.807) is 0 Å². The molecule has 0 spiro atoms. The number of fused-ring (bicyclic) bond motifs is 4. The molecular formula is C42H26N4O. The average molecular weight is 603 g/mol. The number of rotatable bonds is 5. The molecule has 0 saturated carbocycles. The second-order valence-corrected chi connectivity index (χ2v) is 11.5. The Morgan fingerprint density at radius 2 is 0.936 bits per heavy atom. The van der Waals surface area contributed by atoms with Gasteiger partial charge in [0.15, 0.2) is 23.1 Å². The number of hydrogen-bond donors (Lipinski definition) is 0. The Morgan fingerprint density at radius 3 is 1.66 bits per heavy atom. The summed E-state index contributed by atoms with van der Waals surface area (Å²) in [4.78, 5) is 19.5. The molecule has 9 aromatic rings. The topological polar surface area (TPSA) is 64.7 Å². The molecule has 0 saturated heterocycles. The van der Waals surface area contributed by atoms with Crippen LogP contribution in [0.25, 0.3) is 89.4 Å². The van der Waals surface area contributed by atoms with Gasteiger partial charge < -0.3 is 4.42 Å². The third-order valence-corrected chi connectivity index (χ3v) is 8.53. The van der Waals surface area contributed by atoms with Crippen LogP contribution in [0, 0.1) is 0 Å². The molecule has 47 heavy (non-hydrogen) atoms. The van der Waals surface area contributed by atoms with Crippen LogP contribution in [0.3, 0.4) is 0 Å². The first-order valence-electron chi connectivity index (χ1n) is 15.6. The normalized spacial score (nSPS) is 11.4. The predicted molar refractivity (Wildman–Crippen MR) is 190 cm³/mol. The van der Waals surface area contributed by atoms with Gasteiger partial charge in [0.1, 0.15) is 5.52 Å². The average Bonchev–Trinajstić information content (AvgIpc) is 3.59. The van der Waals surface area contributed by atoms with E-state index >= 15 is 0 Å². The number of hydrogen-bond acceptors (Lipinski definition) is 5. The fourth-order valence-electron chi connectivity index (χ4n) is 6.24. The van der Waals surface area contributed by atoms with Crippen molar-refractivity contribution in [3.8, 4) is 56.7 Å². The molecule has 5 nitrogen and oxygen atoms in total. The van der Waals surface area contributed by atoms with Crippen molar-refractivity contribution in [2.75, 3.05) is 0 Å². The van der Waals surface area contributed by atoms with E-state index in [0.29, 0.717) is 28.9 Å². The summed E-state index contributed by atoms with van der Waals surface area (Å²) in [6, 6.07) is 53.7. The molecule has 220 valence electrons. The van der Waals surface area contributed by atoms with Gasteiger partial charge in [-0.1, -0.05) is 121 Å². The monoisotopic (exact) mass is 602 g/mol. The lowest BCUT2D eigenvalue weighted by Crippen LogP contribution is -2.00. The summed E-state index contributed by atoms with van der Waals surface area (Å²) in [5, 5.41) is 4.92. The van der Waals surface area contributed by atoms with E-state index in [0.717, 1.165) is 33.3 Å². The van der Waals surface area contributed by atoms with Crippen molar-refractivity contribution in [2.45, 2.75) is 0 Å². The minimum atomic E-state index is 0.565. The third-order valence-electron chi connectivity index (χ3n) is 8.53. The predicted octanol–water partition coefficient (Wildman–Crippen LogP) is 10.7. The van der Waals surface area contributed by atoms with Crippen molar-refractivity contribution in [3.05, 3.63) is 158 Å². The first kappa shape index (κ1) is 26.9. The van der Waals surface area contributed by atoms with Crippen LogP contribution in [-0.2, 0) is 0 Å². The summed E-state index contributed by atoms with van der Waals surface area (Å²) in [5.74, 6) is 2.38. The summed E-state index contributed by atoms with van der Waals surface area (Å²) in [6.07, 6.45) is 0. The third kappa shape index (κ3) is 4.91. The molecule has 0 unspecified atom stereocenters. The molecule has 0 amide bonds. The van der Waals surface area contributed by atoms with Crippen LogP contribution in [0.15, 0.2) is 162 Å². The van der Waals surface area contributed by atoms with Crippen LogP contribution in [0.4, 0.5) is 0 Å². The Labute approximate surface area is 270 Å². The zero-order chi connectivity index (χ0) is 31.2. The summed E-state index contributed by atoms with van der Waals surface area (Å²) >= 11 is 0. The van der Waals surface area contributed by atoms with E-state index < -0.39 is 0 Å². The Balaban J connectivity index is 1.13. The molecule has 5 heteroatoms. The maximum atomic E-state index is 6.32. The molecule has 7 aromatic carbocycles. The Hall–Kier alpha value is -6.46. The van der Waals surface area contributed by atoms with E-state index in [9.17, 15) is 0 Å². The summed E-state index contributed by atoms with van der Waals surface area (Å²) in [6.45, 7) is 0.